The van der Waals surface area contributed by atoms with E-state index in [1.54, 1.807) is 37.3 Å². The van der Waals surface area contributed by atoms with Gasteiger partial charge in [-0.3, -0.25) is 14.5 Å². The van der Waals surface area contributed by atoms with Gasteiger partial charge < -0.3 is 9.64 Å². The highest BCUT2D eigenvalue weighted by atomic mass is 35.5. The summed E-state index contributed by atoms with van der Waals surface area (Å²) in [6.07, 6.45) is 0.144. The highest BCUT2D eigenvalue weighted by Gasteiger charge is 2.43. The number of benzene rings is 2. The molecule has 0 radical (unpaired) electrons. The predicted molar refractivity (Wildman–Crippen MR) is 124 cm³/mol. The van der Waals surface area contributed by atoms with Crippen molar-refractivity contribution in [3.05, 3.63) is 58.1 Å². The quantitative estimate of drug-likeness (QED) is 0.485. The van der Waals surface area contributed by atoms with Crippen molar-refractivity contribution >= 4 is 52.4 Å². The Kier molecular flexibility index (Phi) is 6.69. The van der Waals surface area contributed by atoms with Crippen LogP contribution in [0.1, 0.15) is 23.7 Å². The minimum Gasteiger partial charge on any atom is -0.462 e. The summed E-state index contributed by atoms with van der Waals surface area (Å²) < 4.78 is 4.97. The van der Waals surface area contributed by atoms with Gasteiger partial charge in [0, 0.05) is 31.9 Å². The number of rotatable bonds is 5. The van der Waals surface area contributed by atoms with Gasteiger partial charge in [-0.25, -0.2) is 9.69 Å². The van der Waals surface area contributed by atoms with E-state index in [2.05, 4.69) is 9.80 Å². The molecule has 2 saturated heterocycles. The van der Waals surface area contributed by atoms with Crippen molar-refractivity contribution in [2.45, 2.75) is 19.4 Å². The van der Waals surface area contributed by atoms with E-state index in [0.717, 1.165) is 5.69 Å². The van der Waals surface area contributed by atoms with Crippen LogP contribution in [-0.2, 0) is 14.3 Å². The zero-order valence-corrected chi connectivity index (χ0v) is 19.1. The molecule has 168 valence electrons. The molecule has 1 atom stereocenters. The van der Waals surface area contributed by atoms with Gasteiger partial charge in [0.1, 0.15) is 0 Å². The number of imide groups is 1. The maximum Gasteiger partial charge on any atom is 0.338 e. The molecule has 2 amide bonds. The van der Waals surface area contributed by atoms with E-state index < -0.39 is 12.0 Å². The van der Waals surface area contributed by atoms with Gasteiger partial charge >= 0.3 is 5.97 Å². The monoisotopic (exact) mass is 475 g/mol. The van der Waals surface area contributed by atoms with Crippen molar-refractivity contribution in [3.63, 3.8) is 0 Å². The third-order valence-electron chi connectivity index (χ3n) is 5.78. The van der Waals surface area contributed by atoms with Crippen LogP contribution in [-0.4, -0.2) is 61.5 Å². The third kappa shape index (κ3) is 4.46. The second kappa shape index (κ2) is 9.48. The molecule has 0 N–H and O–H groups in total. The average molecular weight is 476 g/mol. The Morgan fingerprint density at radius 1 is 0.969 bits per heavy atom. The summed E-state index contributed by atoms with van der Waals surface area (Å²) in [6.45, 7) is 4.75. The number of carbonyl (C=O) groups excluding carboxylic acids is 3. The predicted octanol–water partition coefficient (Wildman–Crippen LogP) is 3.62. The zero-order chi connectivity index (χ0) is 22.8. The smallest absolute Gasteiger partial charge is 0.338 e. The van der Waals surface area contributed by atoms with E-state index >= 15 is 0 Å². The lowest BCUT2D eigenvalue weighted by molar-refractivity contribution is -0.123. The lowest BCUT2D eigenvalue weighted by atomic mass is 10.1. The maximum atomic E-state index is 13.1. The first-order valence-electron chi connectivity index (χ1n) is 10.5. The molecule has 2 heterocycles. The fourth-order valence-corrected chi connectivity index (χ4v) is 4.40. The third-order valence-corrected chi connectivity index (χ3v) is 6.52. The molecule has 2 aromatic rings. The van der Waals surface area contributed by atoms with Crippen LogP contribution in [0.2, 0.25) is 10.0 Å². The van der Waals surface area contributed by atoms with Gasteiger partial charge in [-0.1, -0.05) is 23.2 Å². The average Bonchev–Trinajstić information content (AvgIpc) is 3.10. The van der Waals surface area contributed by atoms with Gasteiger partial charge in [0.2, 0.25) is 5.91 Å². The summed E-state index contributed by atoms with van der Waals surface area (Å²) in [7, 11) is 0. The fraction of sp³-hybridized carbons (Fsp3) is 0.348. The van der Waals surface area contributed by atoms with Gasteiger partial charge in [0.25, 0.3) is 5.91 Å². The molecule has 2 aliphatic heterocycles. The molecule has 0 aromatic heterocycles. The van der Waals surface area contributed by atoms with Crippen molar-refractivity contribution in [2.24, 2.45) is 0 Å². The number of esters is 1. The van der Waals surface area contributed by atoms with Crippen molar-refractivity contribution in [2.75, 3.05) is 42.6 Å². The van der Waals surface area contributed by atoms with E-state index in [1.165, 1.54) is 4.90 Å². The molecule has 2 aliphatic rings. The normalized spacial score (nSPS) is 19.5. The number of carbonyl (C=O) groups is 3. The number of piperazine rings is 1. The van der Waals surface area contributed by atoms with Crippen molar-refractivity contribution in [1.29, 1.82) is 0 Å². The molecule has 1 unspecified atom stereocenters. The number of ether oxygens (including phenoxy) is 1. The minimum absolute atomic E-state index is 0.144. The van der Waals surface area contributed by atoms with Crippen molar-refractivity contribution in [1.82, 2.24) is 4.90 Å². The molecule has 0 bridgehead atoms. The molecule has 4 rings (SSSR count). The summed E-state index contributed by atoms with van der Waals surface area (Å²) in [6, 6.07) is 11.4. The minimum atomic E-state index is -0.483. The summed E-state index contributed by atoms with van der Waals surface area (Å²) in [5.41, 5.74) is 1.82. The maximum absolute atomic E-state index is 13.1. The van der Waals surface area contributed by atoms with Crippen molar-refractivity contribution in [3.8, 4) is 0 Å². The standard InChI is InChI=1S/C23H23Cl2N3O4/c1-2-32-23(31)15-3-5-16(6-4-15)28-21(29)14-20(22(28)30)27-11-9-26(10-12-27)17-7-8-18(24)19(25)13-17/h3-8,13,20H,2,9-12,14H2,1H3. The zero-order valence-electron chi connectivity index (χ0n) is 17.6. The lowest BCUT2D eigenvalue weighted by Crippen LogP contribution is -2.52. The van der Waals surface area contributed by atoms with E-state index in [9.17, 15) is 14.4 Å². The van der Waals surface area contributed by atoms with Gasteiger partial charge in [-0.2, -0.15) is 0 Å². The van der Waals surface area contributed by atoms with Gasteiger partial charge in [0.05, 0.1) is 40.4 Å². The highest BCUT2D eigenvalue weighted by Crippen LogP contribution is 2.30. The number of hydrogen-bond acceptors (Lipinski definition) is 6. The van der Waals surface area contributed by atoms with E-state index in [-0.39, 0.29) is 24.8 Å². The van der Waals surface area contributed by atoms with Gasteiger partial charge in [-0.05, 0) is 49.4 Å². The topological polar surface area (TPSA) is 70.2 Å². The van der Waals surface area contributed by atoms with Crippen LogP contribution < -0.4 is 9.80 Å². The molecule has 0 spiro atoms. The first-order chi connectivity index (χ1) is 15.4. The Balaban J connectivity index is 1.41. The number of anilines is 2. The van der Waals surface area contributed by atoms with Crippen LogP contribution >= 0.6 is 23.2 Å². The number of halogens is 2. The van der Waals surface area contributed by atoms with Crippen LogP contribution in [0.3, 0.4) is 0 Å². The Labute approximate surface area is 196 Å². The second-order valence-electron chi connectivity index (χ2n) is 7.68. The number of nitrogens with zero attached hydrogens (tertiary/aromatic N) is 3. The van der Waals surface area contributed by atoms with Crippen LogP contribution in [0, 0.1) is 0 Å². The van der Waals surface area contributed by atoms with E-state index in [0.29, 0.717) is 47.5 Å². The van der Waals surface area contributed by atoms with Crippen LogP contribution in [0.5, 0.6) is 0 Å². The van der Waals surface area contributed by atoms with Gasteiger partial charge in [-0.15, -0.1) is 0 Å². The first-order valence-corrected chi connectivity index (χ1v) is 11.2. The molecule has 2 fully saturated rings. The lowest BCUT2D eigenvalue weighted by Gasteiger charge is -2.38. The van der Waals surface area contributed by atoms with Crippen LogP contribution in [0.4, 0.5) is 11.4 Å². The van der Waals surface area contributed by atoms with Gasteiger partial charge in [0.15, 0.2) is 0 Å². The largest absolute Gasteiger partial charge is 0.462 e. The van der Waals surface area contributed by atoms with Crippen LogP contribution in [0.25, 0.3) is 0 Å². The molecule has 7 nitrogen and oxygen atoms in total. The summed E-state index contributed by atoms with van der Waals surface area (Å²) in [5.74, 6) is -0.909. The summed E-state index contributed by atoms with van der Waals surface area (Å²) in [5, 5.41) is 1.02. The molecular weight excluding hydrogens is 453 g/mol. The number of amides is 2. The first kappa shape index (κ1) is 22.6. The Hall–Kier alpha value is -2.61. The molecule has 0 saturated carbocycles. The highest BCUT2D eigenvalue weighted by molar-refractivity contribution is 6.42. The Bertz CT molecular complexity index is 1040. The molecule has 2 aromatic carbocycles. The summed E-state index contributed by atoms with van der Waals surface area (Å²) in [4.78, 5) is 43.1. The van der Waals surface area contributed by atoms with E-state index in [4.69, 9.17) is 27.9 Å². The Morgan fingerprint density at radius 3 is 2.25 bits per heavy atom. The van der Waals surface area contributed by atoms with E-state index in [1.807, 2.05) is 12.1 Å². The molecular formula is C23H23Cl2N3O4. The second-order valence-corrected chi connectivity index (χ2v) is 8.49. The summed E-state index contributed by atoms with van der Waals surface area (Å²) >= 11 is 12.1. The molecule has 0 aliphatic carbocycles. The molecule has 32 heavy (non-hydrogen) atoms. The van der Waals surface area contributed by atoms with Crippen LogP contribution in [0.15, 0.2) is 42.5 Å². The molecule has 9 heteroatoms. The number of hydrogen-bond donors (Lipinski definition) is 0. The van der Waals surface area contributed by atoms with Crippen molar-refractivity contribution < 1.29 is 19.1 Å². The fourth-order valence-electron chi connectivity index (χ4n) is 4.11. The Morgan fingerprint density at radius 2 is 1.62 bits per heavy atom. The SMILES string of the molecule is CCOC(=O)c1ccc(N2C(=O)CC(N3CCN(c4ccc(Cl)c(Cl)c4)CC3)C2=O)cc1.